The second-order valence-electron chi connectivity index (χ2n) is 6.21. The zero-order chi connectivity index (χ0) is 18.5. The fourth-order valence-electron chi connectivity index (χ4n) is 2.54. The van der Waals surface area contributed by atoms with Crippen molar-refractivity contribution in [3.8, 4) is 5.75 Å². The van der Waals surface area contributed by atoms with Gasteiger partial charge in [0.15, 0.2) is 0 Å². The lowest BCUT2D eigenvalue weighted by Crippen LogP contribution is -2.14. The molecule has 1 fully saturated rings. The molecule has 0 spiro atoms. The Morgan fingerprint density at radius 3 is 2.58 bits per heavy atom. The number of ether oxygens (including phenoxy) is 1. The normalized spacial score (nSPS) is 13.8. The van der Waals surface area contributed by atoms with Crippen LogP contribution in [0.2, 0.25) is 0 Å². The van der Waals surface area contributed by atoms with E-state index in [4.69, 9.17) is 4.74 Å². The predicted octanol–water partition coefficient (Wildman–Crippen LogP) is 3.48. The number of rotatable bonds is 6. The smallest absolute Gasteiger partial charge is 0.248 e. The zero-order valence-corrected chi connectivity index (χ0v) is 14.8. The molecule has 0 atom stereocenters. The number of carbonyl (C=O) groups excluding carboxylic acids is 2. The van der Waals surface area contributed by atoms with Crippen LogP contribution in [0.15, 0.2) is 48.7 Å². The highest BCUT2D eigenvalue weighted by Crippen LogP contribution is 2.30. The van der Waals surface area contributed by atoms with Crippen molar-refractivity contribution in [2.45, 2.75) is 19.8 Å². The van der Waals surface area contributed by atoms with Gasteiger partial charge in [0.05, 0.1) is 19.0 Å². The number of benzene rings is 1. The number of amides is 2. The Morgan fingerprint density at radius 1 is 1.15 bits per heavy atom. The first-order valence-corrected chi connectivity index (χ1v) is 8.46. The van der Waals surface area contributed by atoms with Gasteiger partial charge in [0.2, 0.25) is 11.8 Å². The molecule has 1 aromatic carbocycles. The number of para-hydroxylation sites is 1. The molecule has 6 nitrogen and oxygen atoms in total. The molecule has 3 rings (SSSR count). The van der Waals surface area contributed by atoms with Crippen molar-refractivity contribution < 1.29 is 14.3 Å². The number of carbonyl (C=O) groups is 2. The summed E-state index contributed by atoms with van der Waals surface area (Å²) >= 11 is 0. The number of nitrogens with one attached hydrogen (secondary N) is 2. The largest absolute Gasteiger partial charge is 0.496 e. The van der Waals surface area contributed by atoms with E-state index >= 15 is 0 Å². The molecule has 1 aliphatic carbocycles. The number of aromatic nitrogens is 1. The fraction of sp³-hybridized carbons (Fsp3) is 0.250. The number of allylic oxidation sites excluding steroid dienone is 1. The van der Waals surface area contributed by atoms with Gasteiger partial charge in [-0.25, -0.2) is 4.98 Å². The van der Waals surface area contributed by atoms with Crippen molar-refractivity contribution in [2.24, 2.45) is 5.92 Å². The minimum atomic E-state index is -0.259. The number of anilines is 2. The number of hydrogen-bond donors (Lipinski definition) is 2. The van der Waals surface area contributed by atoms with Crippen LogP contribution in [0.4, 0.5) is 11.5 Å². The first-order chi connectivity index (χ1) is 12.6. The number of methoxy groups -OCH3 is 1. The van der Waals surface area contributed by atoms with Crippen LogP contribution in [0.1, 0.15) is 25.3 Å². The van der Waals surface area contributed by atoms with Crippen LogP contribution in [-0.2, 0) is 9.59 Å². The van der Waals surface area contributed by atoms with Crippen molar-refractivity contribution in [1.29, 1.82) is 0 Å². The minimum Gasteiger partial charge on any atom is -0.496 e. The molecular weight excluding hydrogens is 330 g/mol. The first kappa shape index (κ1) is 17.7. The monoisotopic (exact) mass is 351 g/mol. The summed E-state index contributed by atoms with van der Waals surface area (Å²) in [5.41, 5.74) is 2.21. The zero-order valence-electron chi connectivity index (χ0n) is 14.8. The number of hydrogen-bond acceptors (Lipinski definition) is 4. The molecule has 1 saturated carbocycles. The van der Waals surface area contributed by atoms with E-state index in [-0.39, 0.29) is 17.7 Å². The van der Waals surface area contributed by atoms with E-state index < -0.39 is 0 Å². The van der Waals surface area contributed by atoms with Crippen LogP contribution in [0, 0.1) is 5.92 Å². The third-order valence-corrected chi connectivity index (χ3v) is 4.11. The fourth-order valence-corrected chi connectivity index (χ4v) is 2.54. The minimum absolute atomic E-state index is 0.00431. The summed E-state index contributed by atoms with van der Waals surface area (Å²) in [6, 6.07) is 10.9. The van der Waals surface area contributed by atoms with Gasteiger partial charge in [-0.15, -0.1) is 0 Å². The summed E-state index contributed by atoms with van der Waals surface area (Å²) in [5.74, 6) is 1.07. The molecule has 2 amide bonds. The van der Waals surface area contributed by atoms with Crippen molar-refractivity contribution in [3.05, 3.63) is 54.2 Å². The first-order valence-electron chi connectivity index (χ1n) is 8.46. The second-order valence-corrected chi connectivity index (χ2v) is 6.21. The lowest BCUT2D eigenvalue weighted by Gasteiger charge is -2.09. The third kappa shape index (κ3) is 4.47. The lowest BCUT2D eigenvalue weighted by molar-refractivity contribution is -0.117. The molecule has 0 unspecified atom stereocenters. The molecular formula is C20H21N3O3. The summed E-state index contributed by atoms with van der Waals surface area (Å²) in [6.07, 6.45) is 4.92. The van der Waals surface area contributed by atoms with E-state index in [9.17, 15) is 9.59 Å². The van der Waals surface area contributed by atoms with Crippen LogP contribution in [-0.4, -0.2) is 23.9 Å². The highest BCUT2D eigenvalue weighted by Gasteiger charge is 2.29. The van der Waals surface area contributed by atoms with Crippen LogP contribution in [0.5, 0.6) is 5.75 Å². The van der Waals surface area contributed by atoms with Gasteiger partial charge in [-0.2, -0.15) is 0 Å². The molecule has 1 heterocycles. The second kappa shape index (κ2) is 7.82. The highest BCUT2D eigenvalue weighted by atomic mass is 16.5. The Labute approximate surface area is 152 Å². The van der Waals surface area contributed by atoms with E-state index in [2.05, 4.69) is 15.6 Å². The summed E-state index contributed by atoms with van der Waals surface area (Å²) in [6.45, 7) is 1.85. The molecule has 0 radical (unpaired) electrons. The third-order valence-electron chi connectivity index (χ3n) is 4.11. The molecule has 26 heavy (non-hydrogen) atoms. The van der Waals surface area contributed by atoms with Crippen molar-refractivity contribution in [1.82, 2.24) is 4.98 Å². The van der Waals surface area contributed by atoms with Crippen LogP contribution < -0.4 is 15.4 Å². The van der Waals surface area contributed by atoms with Gasteiger partial charge >= 0.3 is 0 Å². The molecule has 6 heteroatoms. The van der Waals surface area contributed by atoms with Crippen molar-refractivity contribution in [2.75, 3.05) is 17.7 Å². The summed E-state index contributed by atoms with van der Waals surface area (Å²) in [7, 11) is 1.60. The Hall–Kier alpha value is -3.15. The number of nitrogens with zero attached hydrogens (tertiary/aromatic N) is 1. The summed E-state index contributed by atoms with van der Waals surface area (Å²) < 4.78 is 5.32. The maximum atomic E-state index is 12.2. The van der Waals surface area contributed by atoms with E-state index in [0.29, 0.717) is 17.3 Å². The maximum absolute atomic E-state index is 12.2. The quantitative estimate of drug-likeness (QED) is 0.781. The van der Waals surface area contributed by atoms with E-state index in [1.54, 1.807) is 19.2 Å². The molecule has 2 N–H and O–H groups in total. The molecule has 0 aliphatic heterocycles. The summed E-state index contributed by atoms with van der Waals surface area (Å²) in [5, 5.41) is 5.53. The maximum Gasteiger partial charge on any atom is 0.248 e. The Kier molecular flexibility index (Phi) is 5.31. The molecule has 0 bridgehead atoms. The lowest BCUT2D eigenvalue weighted by atomic mass is 10.1. The van der Waals surface area contributed by atoms with Gasteiger partial charge in [-0.05, 0) is 43.5 Å². The van der Waals surface area contributed by atoms with Gasteiger partial charge in [0.25, 0.3) is 0 Å². The van der Waals surface area contributed by atoms with Gasteiger partial charge in [-0.3, -0.25) is 9.59 Å². The SMILES string of the molecule is COc1ccccc1/C(C)=C/C(=O)Nc1ccc(NC(=O)C2CC2)nc1. The van der Waals surface area contributed by atoms with Crippen molar-refractivity contribution in [3.63, 3.8) is 0 Å². The van der Waals surface area contributed by atoms with Crippen LogP contribution in [0.25, 0.3) is 5.57 Å². The van der Waals surface area contributed by atoms with E-state index in [1.807, 2.05) is 31.2 Å². The Balaban J connectivity index is 1.62. The van der Waals surface area contributed by atoms with Crippen LogP contribution >= 0.6 is 0 Å². The topological polar surface area (TPSA) is 80.3 Å². The molecule has 1 aromatic heterocycles. The van der Waals surface area contributed by atoms with Crippen LogP contribution in [0.3, 0.4) is 0 Å². The van der Waals surface area contributed by atoms with Gasteiger partial charge in [0, 0.05) is 17.6 Å². The molecule has 2 aromatic rings. The molecule has 134 valence electrons. The Bertz CT molecular complexity index is 840. The average molecular weight is 351 g/mol. The molecule has 0 saturated heterocycles. The Morgan fingerprint density at radius 2 is 1.92 bits per heavy atom. The predicted molar refractivity (Wildman–Crippen MR) is 101 cm³/mol. The number of pyridine rings is 1. The van der Waals surface area contributed by atoms with Crippen molar-refractivity contribution >= 4 is 28.9 Å². The van der Waals surface area contributed by atoms with Gasteiger partial charge in [0.1, 0.15) is 11.6 Å². The standard InChI is InChI=1S/C20H21N3O3/c1-13(16-5-3-4-6-17(16)26-2)11-19(24)22-15-9-10-18(21-12-15)23-20(25)14-7-8-14/h3-6,9-12,14H,7-8H2,1-2H3,(H,22,24)(H,21,23,25)/b13-11+. The summed E-state index contributed by atoms with van der Waals surface area (Å²) in [4.78, 5) is 28.1. The molecule has 1 aliphatic rings. The van der Waals surface area contributed by atoms with Gasteiger partial charge in [-0.1, -0.05) is 18.2 Å². The highest BCUT2D eigenvalue weighted by molar-refractivity contribution is 6.04. The van der Waals surface area contributed by atoms with Gasteiger partial charge < -0.3 is 15.4 Å². The van der Waals surface area contributed by atoms with E-state index in [0.717, 1.165) is 24.0 Å². The average Bonchev–Trinajstić information content (AvgIpc) is 3.48. The van der Waals surface area contributed by atoms with E-state index in [1.165, 1.54) is 12.3 Å².